The van der Waals surface area contributed by atoms with Gasteiger partial charge in [-0.15, -0.1) is 0 Å². The fourth-order valence-electron chi connectivity index (χ4n) is 12.7. The van der Waals surface area contributed by atoms with Crippen LogP contribution in [0.25, 0.3) is 0 Å². The van der Waals surface area contributed by atoms with Gasteiger partial charge in [0.15, 0.2) is 0 Å². The van der Waals surface area contributed by atoms with Crippen LogP contribution in [-0.2, 0) is 52.7 Å². The normalized spacial score (nSPS) is 18.6. The summed E-state index contributed by atoms with van der Waals surface area (Å²) in [4.78, 5) is 159. The van der Waals surface area contributed by atoms with Crippen LogP contribution in [0.3, 0.4) is 0 Å². The van der Waals surface area contributed by atoms with Gasteiger partial charge in [0.1, 0.15) is 19.6 Å². The number of carboxylic acid groups (broad SMARTS) is 7. The van der Waals surface area contributed by atoms with E-state index in [0.717, 1.165) is 80.2 Å². The van der Waals surface area contributed by atoms with E-state index in [4.69, 9.17) is 0 Å². The molecule has 4 fully saturated rings. The lowest BCUT2D eigenvalue weighted by Gasteiger charge is -2.34. The molecule has 2 aliphatic heterocycles. The Kier molecular flexibility index (Phi) is 31.4. The van der Waals surface area contributed by atoms with E-state index in [1.54, 1.807) is 63.5 Å². The number of nitrogens with one attached hydrogen (secondary N) is 1. The van der Waals surface area contributed by atoms with Crippen LogP contribution in [0, 0.1) is 0 Å². The van der Waals surface area contributed by atoms with Crippen molar-refractivity contribution in [3.05, 3.63) is 59.7 Å². The smallest absolute Gasteiger partial charge is 0.323 e. The SMILES string of the molecule is O=C(O)CN1CCN(CC(=O)O)CCN(CC(=O)N(CC(=O)NCCN(CC(=O)O)C(=O)CN(C(=O)CN2CCN(CC(=O)O)CCN(CC(=O)O)CCN(CC(=O)O)CC2)c2ccc(C3CCCCC3)cc2)c2ccc(C3CCCCC3)cc2)CCN(CC(=O)O)CC1. The van der Waals surface area contributed by atoms with E-state index in [2.05, 4.69) is 5.32 Å². The number of amides is 4. The van der Waals surface area contributed by atoms with Crippen molar-refractivity contribution in [2.24, 2.45) is 0 Å². The predicted octanol–water partition coefficient (Wildman–Crippen LogP) is 0.128. The highest BCUT2D eigenvalue weighted by molar-refractivity contribution is 6.01. The molecule has 94 heavy (non-hydrogen) atoms. The number of carboxylic acids is 7. The number of hydrogen-bond donors (Lipinski definition) is 8. The molecule has 30 heteroatoms. The van der Waals surface area contributed by atoms with Crippen LogP contribution in [0.2, 0.25) is 0 Å². The summed E-state index contributed by atoms with van der Waals surface area (Å²) in [6, 6.07) is 14.7. The molecule has 4 aliphatic rings. The highest BCUT2D eigenvalue weighted by atomic mass is 16.4. The lowest BCUT2D eigenvalue weighted by molar-refractivity contribution is -0.144. The van der Waals surface area contributed by atoms with Crippen LogP contribution in [0.1, 0.15) is 87.2 Å². The van der Waals surface area contributed by atoms with Gasteiger partial charge in [-0.2, -0.15) is 0 Å². The van der Waals surface area contributed by atoms with Crippen molar-refractivity contribution in [1.82, 2.24) is 49.4 Å². The first kappa shape index (κ1) is 75.3. The first-order chi connectivity index (χ1) is 45.0. The number of anilines is 2. The molecule has 2 heterocycles. The van der Waals surface area contributed by atoms with Crippen molar-refractivity contribution in [2.75, 3.05) is 200 Å². The van der Waals surface area contributed by atoms with E-state index < -0.39 is 85.0 Å². The molecule has 4 amide bonds. The number of carbonyl (C=O) groups is 11. The fourth-order valence-corrected chi connectivity index (χ4v) is 12.7. The molecule has 2 saturated carbocycles. The van der Waals surface area contributed by atoms with Gasteiger partial charge in [0.25, 0.3) is 0 Å². The molecule has 2 aliphatic carbocycles. The lowest BCUT2D eigenvalue weighted by atomic mass is 9.84. The number of benzene rings is 2. The molecule has 520 valence electrons. The van der Waals surface area contributed by atoms with Gasteiger partial charge >= 0.3 is 41.8 Å². The summed E-state index contributed by atoms with van der Waals surface area (Å²) in [7, 11) is 0. The molecule has 2 aromatic rings. The Morgan fingerprint density at radius 2 is 0.596 bits per heavy atom. The highest BCUT2D eigenvalue weighted by Gasteiger charge is 2.30. The van der Waals surface area contributed by atoms with Crippen LogP contribution in [0.4, 0.5) is 11.4 Å². The van der Waals surface area contributed by atoms with E-state index in [1.165, 1.54) is 9.80 Å². The molecule has 0 aromatic heterocycles. The maximum Gasteiger partial charge on any atom is 0.323 e. The van der Waals surface area contributed by atoms with E-state index in [9.17, 15) is 88.5 Å². The van der Waals surface area contributed by atoms with Crippen LogP contribution in [0.15, 0.2) is 48.5 Å². The Morgan fingerprint density at radius 1 is 0.330 bits per heavy atom. The number of hydrogen-bond acceptors (Lipinski definition) is 19. The topological polar surface area (TPSA) is 377 Å². The predicted molar refractivity (Wildman–Crippen MR) is 344 cm³/mol. The molecular formula is C64H96N12O18. The van der Waals surface area contributed by atoms with Crippen molar-refractivity contribution in [3.63, 3.8) is 0 Å². The molecule has 0 atom stereocenters. The van der Waals surface area contributed by atoms with Gasteiger partial charge < -0.3 is 55.8 Å². The lowest BCUT2D eigenvalue weighted by Crippen LogP contribution is -2.52. The third-order valence-electron chi connectivity index (χ3n) is 17.9. The van der Waals surface area contributed by atoms with Crippen molar-refractivity contribution in [2.45, 2.75) is 76.0 Å². The molecular weight excluding hydrogens is 1220 g/mol. The van der Waals surface area contributed by atoms with Crippen LogP contribution in [0.5, 0.6) is 0 Å². The summed E-state index contributed by atoms with van der Waals surface area (Å²) < 4.78 is 0. The van der Waals surface area contributed by atoms with Gasteiger partial charge in [-0.1, -0.05) is 62.8 Å². The minimum Gasteiger partial charge on any atom is -0.480 e. The second kappa shape index (κ2) is 39.2. The molecule has 0 unspecified atom stereocenters. The first-order valence-corrected chi connectivity index (χ1v) is 32.6. The van der Waals surface area contributed by atoms with Crippen molar-refractivity contribution < 1.29 is 88.5 Å². The summed E-state index contributed by atoms with van der Waals surface area (Å²) in [5, 5.41) is 71.4. The molecule has 2 saturated heterocycles. The van der Waals surface area contributed by atoms with E-state index >= 15 is 0 Å². The van der Waals surface area contributed by atoms with Crippen LogP contribution < -0.4 is 15.1 Å². The third-order valence-corrected chi connectivity index (χ3v) is 17.9. The monoisotopic (exact) mass is 1320 g/mol. The van der Waals surface area contributed by atoms with Crippen molar-refractivity contribution >= 4 is 76.8 Å². The zero-order valence-electron chi connectivity index (χ0n) is 53.9. The van der Waals surface area contributed by atoms with Gasteiger partial charge in [-0.05, 0) is 72.9 Å². The Morgan fingerprint density at radius 3 is 0.862 bits per heavy atom. The number of aliphatic carboxylic acids is 7. The summed E-state index contributed by atoms with van der Waals surface area (Å²) in [6.07, 6.45) is 10.5. The second-order valence-corrected chi connectivity index (χ2v) is 24.9. The average Bonchev–Trinajstić information content (AvgIpc) is 0.864. The zero-order chi connectivity index (χ0) is 68.1. The van der Waals surface area contributed by atoms with E-state index in [0.29, 0.717) is 23.2 Å². The number of nitrogens with zero attached hydrogens (tertiary/aromatic N) is 11. The number of carbonyl (C=O) groups excluding carboxylic acids is 4. The molecule has 30 nitrogen and oxygen atoms in total. The van der Waals surface area contributed by atoms with Gasteiger partial charge in [-0.3, -0.25) is 91.9 Å². The highest BCUT2D eigenvalue weighted by Crippen LogP contribution is 2.35. The van der Waals surface area contributed by atoms with Crippen LogP contribution in [-0.4, -0.2) is 335 Å². The summed E-state index contributed by atoms with van der Waals surface area (Å²) in [6.45, 7) is -3.17. The largest absolute Gasteiger partial charge is 0.480 e. The van der Waals surface area contributed by atoms with Gasteiger partial charge in [0, 0.05) is 129 Å². The number of rotatable bonds is 29. The Balaban J connectivity index is 1.22. The average molecular weight is 1320 g/mol. The Labute approximate surface area is 548 Å². The zero-order valence-corrected chi connectivity index (χ0v) is 53.9. The molecule has 6 rings (SSSR count). The van der Waals surface area contributed by atoms with Gasteiger partial charge in [0.2, 0.25) is 23.6 Å². The van der Waals surface area contributed by atoms with Gasteiger partial charge in [0.05, 0.1) is 52.4 Å². The van der Waals surface area contributed by atoms with E-state index in [-0.39, 0.29) is 170 Å². The summed E-state index contributed by atoms with van der Waals surface area (Å²) >= 11 is 0. The minimum absolute atomic E-state index is 0.109. The maximum atomic E-state index is 14.9. The molecule has 0 spiro atoms. The van der Waals surface area contributed by atoms with Crippen molar-refractivity contribution in [1.29, 1.82) is 0 Å². The summed E-state index contributed by atoms with van der Waals surface area (Å²) in [5.41, 5.74) is 2.86. The van der Waals surface area contributed by atoms with Crippen molar-refractivity contribution in [3.8, 4) is 0 Å². The first-order valence-electron chi connectivity index (χ1n) is 32.6. The third kappa shape index (κ3) is 27.3. The molecule has 8 N–H and O–H groups in total. The Bertz CT molecular complexity index is 2780. The quantitative estimate of drug-likeness (QED) is 0.0536. The maximum absolute atomic E-state index is 14.9. The standard InChI is InChI=1S/C64H96N12O18/c77-54(37-75(52-15-11-50(12-16-52)48-7-3-1-4-8-48)56(79)38-66-21-25-68(41-58(81)82)29-33-72(45-62(89)90)34-30-69(26-22-66)42-59(83)84)65-19-20-74(47-64(93)94)55(78)40-76(53-17-13-51(14-18-53)49-9-5-2-6-10-49)57(80)39-67-23-27-70(43-60(85)86)31-35-73(46-63(91)92)36-32-71(28-24-67)44-61(87)88/h11-18,48-49H,1-10,19-47H2,(H,65,77)(H,81,82)(H,83,84)(H,85,86)(H,87,88)(H,89,90)(H,91,92)(H,93,94). The fraction of sp³-hybridized carbons (Fsp3) is 0.641. The molecule has 0 bridgehead atoms. The minimum atomic E-state index is -1.39. The molecule has 0 radical (unpaired) electrons. The second-order valence-electron chi connectivity index (χ2n) is 24.9. The summed E-state index contributed by atoms with van der Waals surface area (Å²) in [5.74, 6) is -10.0. The molecule has 2 aromatic carbocycles. The van der Waals surface area contributed by atoms with Crippen LogP contribution >= 0.6 is 0 Å². The van der Waals surface area contributed by atoms with Gasteiger partial charge in [-0.25, -0.2) is 0 Å². The van der Waals surface area contributed by atoms with E-state index in [1.807, 2.05) is 24.3 Å². The Hall–Kier alpha value is -7.71.